The van der Waals surface area contributed by atoms with Crippen LogP contribution < -0.4 is 0 Å². The fourth-order valence-corrected chi connectivity index (χ4v) is 11.4. The molecule has 1 atom stereocenters. The molecule has 3 heterocycles. The van der Waals surface area contributed by atoms with E-state index in [0.717, 1.165) is 12.1 Å². The van der Waals surface area contributed by atoms with Gasteiger partial charge >= 0.3 is 0 Å². The zero-order chi connectivity index (χ0) is 40.0. The largest absolute Gasteiger partial charge is 0.333 e. The highest BCUT2D eigenvalue weighted by Gasteiger charge is 2.20. The first-order valence-corrected chi connectivity index (χ1v) is 22.0. The SMILES string of the molecule is C1=CC(n2c3ccccc3c3ccccc32)CC=C1c1ccc2c(c1)c1ccc(-c3cccc4c3sc3ccccc34)cc1n2-c1ccc(-c2ccc3ccccc3c2)cc1. The molecule has 0 radical (unpaired) electrons. The van der Waals surface area contributed by atoms with Crippen LogP contribution in [0.2, 0.25) is 0 Å². The summed E-state index contributed by atoms with van der Waals surface area (Å²) in [5, 5.41) is 10.3. The average Bonchev–Trinajstić information content (AvgIpc) is 3.99. The molecule has 1 unspecified atom stereocenters. The maximum absolute atomic E-state index is 2.52. The minimum absolute atomic E-state index is 0.251. The van der Waals surface area contributed by atoms with Crippen molar-refractivity contribution in [1.82, 2.24) is 9.13 Å². The van der Waals surface area contributed by atoms with Crippen molar-refractivity contribution < 1.29 is 0 Å². The number of thiophene rings is 1. The van der Waals surface area contributed by atoms with E-state index in [2.05, 4.69) is 221 Å². The predicted molar refractivity (Wildman–Crippen MR) is 262 cm³/mol. The zero-order valence-electron chi connectivity index (χ0n) is 33.3. The first-order valence-electron chi connectivity index (χ1n) is 21.2. The van der Waals surface area contributed by atoms with Crippen molar-refractivity contribution in [2.75, 3.05) is 0 Å². The van der Waals surface area contributed by atoms with Crippen molar-refractivity contribution in [2.45, 2.75) is 12.5 Å². The van der Waals surface area contributed by atoms with E-state index in [0.29, 0.717) is 0 Å². The maximum atomic E-state index is 2.52. The third-order valence-electron chi connectivity index (χ3n) is 13.0. The highest BCUT2D eigenvalue weighted by molar-refractivity contribution is 7.26. The van der Waals surface area contributed by atoms with Gasteiger partial charge in [0.1, 0.15) is 0 Å². The van der Waals surface area contributed by atoms with Crippen LogP contribution in [0.3, 0.4) is 0 Å². The van der Waals surface area contributed by atoms with E-state index in [-0.39, 0.29) is 6.04 Å². The van der Waals surface area contributed by atoms with Gasteiger partial charge in [0.15, 0.2) is 0 Å². The summed E-state index contributed by atoms with van der Waals surface area (Å²) in [6.45, 7) is 0. The molecule has 0 amide bonds. The number of fused-ring (bicyclic) bond motifs is 10. The summed E-state index contributed by atoms with van der Waals surface area (Å²) in [4.78, 5) is 0. The van der Waals surface area contributed by atoms with E-state index < -0.39 is 0 Å². The van der Waals surface area contributed by atoms with Crippen molar-refractivity contribution in [3.63, 3.8) is 0 Å². The molecule has 9 aromatic carbocycles. The van der Waals surface area contributed by atoms with Crippen LogP contribution in [-0.4, -0.2) is 9.13 Å². The quantitative estimate of drug-likeness (QED) is 0.164. The molecule has 1 aliphatic carbocycles. The lowest BCUT2D eigenvalue weighted by molar-refractivity contribution is 0.649. The van der Waals surface area contributed by atoms with Crippen molar-refractivity contribution >= 4 is 91.5 Å². The topological polar surface area (TPSA) is 9.86 Å². The van der Waals surface area contributed by atoms with Crippen LogP contribution in [0, 0.1) is 0 Å². The van der Waals surface area contributed by atoms with Gasteiger partial charge in [-0.3, -0.25) is 0 Å². The van der Waals surface area contributed by atoms with Gasteiger partial charge in [-0.2, -0.15) is 0 Å². The monoisotopic (exact) mass is 794 g/mol. The van der Waals surface area contributed by atoms with E-state index in [9.17, 15) is 0 Å². The summed E-state index contributed by atoms with van der Waals surface area (Å²) in [5.41, 5.74) is 13.6. The smallest absolute Gasteiger partial charge is 0.0560 e. The Balaban J connectivity index is 0.936. The molecule has 1 aliphatic rings. The minimum Gasteiger partial charge on any atom is -0.333 e. The molecule has 13 rings (SSSR count). The van der Waals surface area contributed by atoms with Crippen LogP contribution >= 0.6 is 11.3 Å². The van der Waals surface area contributed by atoms with Gasteiger partial charge < -0.3 is 9.13 Å². The Morgan fingerprint density at radius 1 is 0.426 bits per heavy atom. The normalized spacial score (nSPS) is 14.4. The predicted octanol–water partition coefficient (Wildman–Crippen LogP) is 16.3. The van der Waals surface area contributed by atoms with Crippen LogP contribution in [0.4, 0.5) is 0 Å². The second-order valence-electron chi connectivity index (χ2n) is 16.4. The van der Waals surface area contributed by atoms with Crippen LogP contribution in [0.15, 0.2) is 212 Å². The first kappa shape index (κ1) is 34.4. The molecule has 0 bridgehead atoms. The Labute approximate surface area is 357 Å². The van der Waals surface area contributed by atoms with Crippen molar-refractivity contribution in [1.29, 1.82) is 0 Å². The van der Waals surface area contributed by atoms with Crippen molar-refractivity contribution in [3.8, 4) is 27.9 Å². The number of hydrogen-bond donors (Lipinski definition) is 0. The molecule has 3 aromatic heterocycles. The average molecular weight is 795 g/mol. The summed E-state index contributed by atoms with van der Waals surface area (Å²) in [5.74, 6) is 0. The summed E-state index contributed by atoms with van der Waals surface area (Å²) in [6, 6.07) is 72.1. The Bertz CT molecular complexity index is 3740. The number of rotatable bonds is 5. The first-order chi connectivity index (χ1) is 30.2. The van der Waals surface area contributed by atoms with Crippen molar-refractivity contribution in [3.05, 3.63) is 218 Å². The van der Waals surface area contributed by atoms with E-state index in [1.807, 2.05) is 11.3 Å². The van der Waals surface area contributed by atoms with Crippen LogP contribution in [0.25, 0.3) is 108 Å². The molecule has 61 heavy (non-hydrogen) atoms. The molecule has 0 saturated heterocycles. The van der Waals surface area contributed by atoms with Crippen LogP contribution in [-0.2, 0) is 0 Å². The van der Waals surface area contributed by atoms with Gasteiger partial charge in [0.05, 0.1) is 17.1 Å². The number of aromatic nitrogens is 2. The molecule has 12 aromatic rings. The van der Waals surface area contributed by atoms with Crippen LogP contribution in [0.1, 0.15) is 18.0 Å². The highest BCUT2D eigenvalue weighted by Crippen LogP contribution is 2.43. The molecule has 0 spiro atoms. The lowest BCUT2D eigenvalue weighted by atomic mass is 9.95. The summed E-state index contributed by atoms with van der Waals surface area (Å²) < 4.78 is 7.65. The van der Waals surface area contributed by atoms with E-state index in [1.165, 1.54) is 108 Å². The molecule has 0 aliphatic heterocycles. The lowest BCUT2D eigenvalue weighted by Crippen LogP contribution is -2.07. The molecule has 0 N–H and O–H groups in total. The van der Waals surface area contributed by atoms with Gasteiger partial charge in [0.25, 0.3) is 0 Å². The lowest BCUT2D eigenvalue weighted by Gasteiger charge is -2.21. The standard InChI is InChI=1S/C58H38N2S/c1-2-11-40-34-41(21-20-37(40)10-1)38-22-30-45(31-23-38)60-55-33-27-42(39-24-28-44(29-25-39)59-53-17-6-3-12-47(53)48-13-4-7-18-54(48)59)35-52(55)49-32-26-43(36-56(49)60)46-15-9-16-51-50-14-5-8-19-57(50)61-58(46)51/h1-28,30-36,44H,29H2. The third-order valence-corrected chi connectivity index (χ3v) is 14.3. The summed E-state index contributed by atoms with van der Waals surface area (Å²) in [6.07, 6.45) is 8.11. The van der Waals surface area contributed by atoms with E-state index in [1.54, 1.807) is 0 Å². The highest BCUT2D eigenvalue weighted by atomic mass is 32.1. The second kappa shape index (κ2) is 13.5. The Hall–Kier alpha value is -7.46. The van der Waals surface area contributed by atoms with Gasteiger partial charge in [0.2, 0.25) is 0 Å². The number of benzene rings is 9. The molecular weight excluding hydrogens is 757 g/mol. The van der Waals surface area contributed by atoms with Gasteiger partial charge in [-0.15, -0.1) is 11.3 Å². The van der Waals surface area contributed by atoms with E-state index >= 15 is 0 Å². The number of nitrogens with zero attached hydrogens (tertiary/aromatic N) is 2. The summed E-state index contributed by atoms with van der Waals surface area (Å²) >= 11 is 1.89. The molecule has 3 heteroatoms. The molecule has 286 valence electrons. The van der Waals surface area contributed by atoms with Crippen LogP contribution in [0.5, 0.6) is 0 Å². The number of allylic oxidation sites excluding steroid dienone is 4. The Morgan fingerprint density at radius 2 is 1.10 bits per heavy atom. The van der Waals surface area contributed by atoms with Gasteiger partial charge in [0, 0.05) is 58.4 Å². The minimum atomic E-state index is 0.251. The third kappa shape index (κ3) is 5.41. The maximum Gasteiger partial charge on any atom is 0.0560 e. The Kier molecular flexibility index (Phi) is 7.64. The fraction of sp³-hybridized carbons (Fsp3) is 0.0345. The number of hydrogen-bond acceptors (Lipinski definition) is 1. The van der Waals surface area contributed by atoms with Gasteiger partial charge in [-0.05, 0) is 105 Å². The molecule has 0 saturated carbocycles. The fourth-order valence-electron chi connectivity index (χ4n) is 10.1. The van der Waals surface area contributed by atoms with Gasteiger partial charge in [-0.25, -0.2) is 0 Å². The number of para-hydroxylation sites is 2. The van der Waals surface area contributed by atoms with Crippen molar-refractivity contribution in [2.24, 2.45) is 0 Å². The van der Waals surface area contributed by atoms with E-state index in [4.69, 9.17) is 0 Å². The van der Waals surface area contributed by atoms with Gasteiger partial charge in [-0.1, -0.05) is 158 Å². The second-order valence-corrected chi connectivity index (χ2v) is 17.5. The molecular formula is C58H38N2S. The Morgan fingerprint density at radius 3 is 1.90 bits per heavy atom. The molecule has 2 nitrogen and oxygen atoms in total. The zero-order valence-corrected chi connectivity index (χ0v) is 34.1. The summed E-state index contributed by atoms with van der Waals surface area (Å²) in [7, 11) is 0. The molecule has 0 fully saturated rings.